The molecule has 134 valence electrons. The predicted octanol–water partition coefficient (Wildman–Crippen LogP) is 3.71. The Morgan fingerprint density at radius 1 is 1.25 bits per heavy atom. The number of H-pyrrole nitrogens is 1. The molecule has 0 saturated carbocycles. The zero-order chi connectivity index (χ0) is 16.7. The van der Waals surface area contributed by atoms with Crippen molar-refractivity contribution < 1.29 is 0 Å². The lowest BCUT2D eigenvalue weighted by atomic mass is 10.1. The first-order chi connectivity index (χ1) is 11.1. The number of rotatable bonds is 7. The van der Waals surface area contributed by atoms with E-state index in [1.165, 1.54) is 0 Å². The molecule has 0 fully saturated rings. The molecule has 0 amide bonds. The van der Waals surface area contributed by atoms with E-state index in [2.05, 4.69) is 59.4 Å². The van der Waals surface area contributed by atoms with E-state index in [9.17, 15) is 0 Å². The van der Waals surface area contributed by atoms with Gasteiger partial charge in [-0.15, -0.1) is 24.0 Å². The Balaban J connectivity index is 0.00000288. The molecule has 0 radical (unpaired) electrons. The highest BCUT2D eigenvalue weighted by Crippen LogP contribution is 2.11. The van der Waals surface area contributed by atoms with Gasteiger partial charge in [-0.3, -0.25) is 4.99 Å². The van der Waals surface area contributed by atoms with Crippen molar-refractivity contribution in [2.24, 2.45) is 10.9 Å². The minimum Gasteiger partial charge on any atom is -0.357 e. The van der Waals surface area contributed by atoms with E-state index in [1.807, 2.05) is 18.2 Å². The van der Waals surface area contributed by atoms with Gasteiger partial charge in [-0.05, 0) is 38.3 Å². The number of hydrogen-bond donors (Lipinski definition) is 3. The van der Waals surface area contributed by atoms with Gasteiger partial charge in [0, 0.05) is 25.6 Å². The first-order valence-electron chi connectivity index (χ1n) is 8.58. The van der Waals surface area contributed by atoms with Crippen molar-refractivity contribution in [2.45, 2.75) is 46.6 Å². The Labute approximate surface area is 162 Å². The molecule has 1 aromatic heterocycles. The largest absolute Gasteiger partial charge is 0.357 e. The molecule has 0 spiro atoms. The summed E-state index contributed by atoms with van der Waals surface area (Å²) in [6.07, 6.45) is 1.89. The molecule has 0 aliphatic heterocycles. The molecule has 1 unspecified atom stereocenters. The molecule has 0 bridgehead atoms. The van der Waals surface area contributed by atoms with Crippen LogP contribution in [0.5, 0.6) is 0 Å². The maximum atomic E-state index is 4.66. The van der Waals surface area contributed by atoms with Crippen molar-refractivity contribution in [3.63, 3.8) is 0 Å². The topological polar surface area (TPSA) is 65.1 Å². The van der Waals surface area contributed by atoms with Crippen LogP contribution in [-0.4, -0.2) is 35.1 Å². The van der Waals surface area contributed by atoms with Gasteiger partial charge in [0.15, 0.2) is 5.96 Å². The summed E-state index contributed by atoms with van der Waals surface area (Å²) in [5.74, 6) is 2.52. The Morgan fingerprint density at radius 2 is 2.00 bits per heavy atom. The Bertz CT molecular complexity index is 602. The van der Waals surface area contributed by atoms with Gasteiger partial charge in [0.25, 0.3) is 0 Å². The summed E-state index contributed by atoms with van der Waals surface area (Å²) in [6.45, 7) is 10.4. The molecule has 2 rings (SSSR count). The molecule has 5 nitrogen and oxygen atoms in total. The highest BCUT2D eigenvalue weighted by Gasteiger charge is 2.08. The van der Waals surface area contributed by atoms with E-state index in [-0.39, 0.29) is 24.0 Å². The molecular weight excluding hydrogens is 413 g/mol. The monoisotopic (exact) mass is 443 g/mol. The Morgan fingerprint density at radius 3 is 2.67 bits per heavy atom. The second-order valence-electron chi connectivity index (χ2n) is 6.24. The number of aromatic amines is 1. The average molecular weight is 443 g/mol. The summed E-state index contributed by atoms with van der Waals surface area (Å²) in [5.41, 5.74) is 2.14. The lowest BCUT2D eigenvalue weighted by Crippen LogP contribution is -2.44. The van der Waals surface area contributed by atoms with Gasteiger partial charge < -0.3 is 15.6 Å². The number of aliphatic imine (C=N–C) groups is 1. The fraction of sp³-hybridized carbons (Fsp3) is 0.556. The lowest BCUT2D eigenvalue weighted by Gasteiger charge is -2.20. The molecule has 1 heterocycles. The number of nitrogens with zero attached hydrogens (tertiary/aromatic N) is 2. The van der Waals surface area contributed by atoms with Gasteiger partial charge in [0.2, 0.25) is 0 Å². The highest BCUT2D eigenvalue weighted by molar-refractivity contribution is 14.0. The van der Waals surface area contributed by atoms with Crippen LogP contribution in [0.25, 0.3) is 11.0 Å². The smallest absolute Gasteiger partial charge is 0.191 e. The number of halogens is 1. The van der Waals surface area contributed by atoms with Crippen molar-refractivity contribution in [1.82, 2.24) is 20.6 Å². The van der Waals surface area contributed by atoms with Crippen LogP contribution in [-0.2, 0) is 6.42 Å². The Hall–Kier alpha value is -1.31. The number of benzene rings is 1. The van der Waals surface area contributed by atoms with Crippen LogP contribution in [0.1, 0.15) is 39.9 Å². The SMILES string of the molecule is CCNC(=NCCCc1nc2ccccc2[nH]1)NC(C)C(C)C.I. The van der Waals surface area contributed by atoms with E-state index in [0.717, 1.165) is 48.7 Å². The van der Waals surface area contributed by atoms with E-state index < -0.39 is 0 Å². The summed E-state index contributed by atoms with van der Waals surface area (Å²) in [5, 5.41) is 6.76. The van der Waals surface area contributed by atoms with Crippen LogP contribution < -0.4 is 10.6 Å². The van der Waals surface area contributed by atoms with Gasteiger partial charge in [0.1, 0.15) is 5.82 Å². The maximum absolute atomic E-state index is 4.66. The standard InChI is InChI=1S/C18H29N5.HI/c1-5-19-18(21-14(4)13(2)3)20-12-8-11-17-22-15-9-6-7-10-16(15)23-17;/h6-7,9-10,13-14H,5,8,11-12H2,1-4H3,(H,22,23)(H2,19,20,21);1H. The van der Waals surface area contributed by atoms with Crippen molar-refractivity contribution in [1.29, 1.82) is 0 Å². The van der Waals surface area contributed by atoms with E-state index in [0.29, 0.717) is 12.0 Å². The summed E-state index contributed by atoms with van der Waals surface area (Å²) in [4.78, 5) is 12.6. The first kappa shape index (κ1) is 20.7. The number of hydrogen-bond acceptors (Lipinski definition) is 2. The number of imidazole rings is 1. The van der Waals surface area contributed by atoms with Crippen molar-refractivity contribution in [3.8, 4) is 0 Å². The highest BCUT2D eigenvalue weighted by atomic mass is 127. The molecule has 6 heteroatoms. The quantitative estimate of drug-likeness (QED) is 0.265. The van der Waals surface area contributed by atoms with Crippen LogP contribution in [0, 0.1) is 5.92 Å². The van der Waals surface area contributed by atoms with Crippen LogP contribution >= 0.6 is 24.0 Å². The minimum atomic E-state index is 0. The fourth-order valence-electron chi connectivity index (χ4n) is 2.26. The second kappa shape index (κ2) is 10.5. The van der Waals surface area contributed by atoms with E-state index >= 15 is 0 Å². The van der Waals surface area contributed by atoms with Crippen LogP contribution in [0.2, 0.25) is 0 Å². The second-order valence-corrected chi connectivity index (χ2v) is 6.24. The number of aryl methyl sites for hydroxylation is 1. The van der Waals surface area contributed by atoms with Crippen LogP contribution in [0.4, 0.5) is 0 Å². The molecule has 1 atom stereocenters. The summed E-state index contributed by atoms with van der Waals surface area (Å²) in [7, 11) is 0. The van der Waals surface area contributed by atoms with Gasteiger partial charge in [0.05, 0.1) is 11.0 Å². The van der Waals surface area contributed by atoms with Gasteiger partial charge >= 0.3 is 0 Å². The van der Waals surface area contributed by atoms with Crippen LogP contribution in [0.3, 0.4) is 0 Å². The number of guanidine groups is 1. The molecule has 0 saturated heterocycles. The van der Waals surface area contributed by atoms with Gasteiger partial charge in [-0.25, -0.2) is 4.98 Å². The first-order valence-corrected chi connectivity index (χ1v) is 8.58. The number of para-hydroxylation sites is 2. The number of nitrogens with one attached hydrogen (secondary N) is 3. The molecule has 24 heavy (non-hydrogen) atoms. The van der Waals surface area contributed by atoms with Gasteiger partial charge in [-0.1, -0.05) is 26.0 Å². The summed E-state index contributed by atoms with van der Waals surface area (Å²) < 4.78 is 0. The predicted molar refractivity (Wildman–Crippen MR) is 113 cm³/mol. The van der Waals surface area contributed by atoms with Crippen LogP contribution in [0.15, 0.2) is 29.3 Å². The summed E-state index contributed by atoms with van der Waals surface area (Å²) >= 11 is 0. The zero-order valence-electron chi connectivity index (χ0n) is 15.1. The normalized spacial score (nSPS) is 13.0. The van der Waals surface area contributed by atoms with Crippen molar-refractivity contribution >= 4 is 41.0 Å². The van der Waals surface area contributed by atoms with Crippen molar-refractivity contribution in [2.75, 3.05) is 13.1 Å². The van der Waals surface area contributed by atoms with E-state index in [1.54, 1.807) is 0 Å². The lowest BCUT2D eigenvalue weighted by molar-refractivity contribution is 0.481. The molecule has 0 aliphatic carbocycles. The number of aromatic nitrogens is 2. The fourth-order valence-corrected chi connectivity index (χ4v) is 2.26. The van der Waals surface area contributed by atoms with Crippen molar-refractivity contribution in [3.05, 3.63) is 30.1 Å². The Kier molecular flexibility index (Phi) is 9.10. The minimum absolute atomic E-state index is 0. The van der Waals surface area contributed by atoms with E-state index in [4.69, 9.17) is 0 Å². The molecule has 0 aliphatic rings. The van der Waals surface area contributed by atoms with Gasteiger partial charge in [-0.2, -0.15) is 0 Å². The summed E-state index contributed by atoms with van der Waals surface area (Å²) in [6, 6.07) is 8.54. The average Bonchev–Trinajstić information content (AvgIpc) is 2.94. The third kappa shape index (κ3) is 6.30. The zero-order valence-corrected chi connectivity index (χ0v) is 17.4. The molecule has 2 aromatic rings. The third-order valence-corrected chi connectivity index (χ3v) is 3.99. The maximum Gasteiger partial charge on any atom is 0.191 e. The molecular formula is C18H30IN5. The number of fused-ring (bicyclic) bond motifs is 1. The molecule has 3 N–H and O–H groups in total. The third-order valence-electron chi connectivity index (χ3n) is 3.99. The molecule has 1 aromatic carbocycles.